The van der Waals surface area contributed by atoms with E-state index in [9.17, 15) is 0 Å². The standard InChI is InChI=1S/C16H33N3/c1-18-10-6-15(7-11-18)12-19(2)14-16(13-17)8-4-3-5-9-16/h15H,3-14,17H2,1-2H3. The summed E-state index contributed by atoms with van der Waals surface area (Å²) in [5.74, 6) is 0.902. The lowest BCUT2D eigenvalue weighted by Crippen LogP contribution is -2.44. The summed E-state index contributed by atoms with van der Waals surface area (Å²) in [6.45, 7) is 5.93. The van der Waals surface area contributed by atoms with Crippen LogP contribution in [0.1, 0.15) is 44.9 Å². The van der Waals surface area contributed by atoms with Gasteiger partial charge in [-0.15, -0.1) is 0 Å². The smallest absolute Gasteiger partial charge is 0.00471 e. The predicted octanol–water partition coefficient (Wildman–Crippen LogP) is 2.17. The third-order valence-electron chi connectivity index (χ3n) is 5.36. The molecule has 2 aliphatic rings. The molecule has 1 heterocycles. The molecule has 2 fully saturated rings. The first-order chi connectivity index (χ1) is 9.13. The molecule has 1 saturated carbocycles. The summed E-state index contributed by atoms with van der Waals surface area (Å²) in [5.41, 5.74) is 6.53. The van der Waals surface area contributed by atoms with Crippen LogP contribution in [0, 0.1) is 11.3 Å². The first kappa shape index (κ1) is 15.3. The van der Waals surface area contributed by atoms with Gasteiger partial charge in [-0.1, -0.05) is 19.3 Å². The molecule has 0 spiro atoms. The van der Waals surface area contributed by atoms with Crippen LogP contribution in [0.5, 0.6) is 0 Å². The van der Waals surface area contributed by atoms with Gasteiger partial charge in [-0.25, -0.2) is 0 Å². The SMILES string of the molecule is CN1CCC(CN(C)CC2(CN)CCCCC2)CC1. The number of rotatable bonds is 5. The van der Waals surface area contributed by atoms with Crippen molar-refractivity contribution in [2.24, 2.45) is 17.1 Å². The lowest BCUT2D eigenvalue weighted by molar-refractivity contribution is 0.103. The first-order valence-corrected chi connectivity index (χ1v) is 8.21. The van der Waals surface area contributed by atoms with Gasteiger partial charge in [0.25, 0.3) is 0 Å². The molecule has 0 radical (unpaired) electrons. The Balaban J connectivity index is 1.77. The van der Waals surface area contributed by atoms with Gasteiger partial charge in [0.15, 0.2) is 0 Å². The van der Waals surface area contributed by atoms with Gasteiger partial charge < -0.3 is 15.5 Å². The molecule has 19 heavy (non-hydrogen) atoms. The van der Waals surface area contributed by atoms with E-state index >= 15 is 0 Å². The maximum atomic E-state index is 6.10. The van der Waals surface area contributed by atoms with E-state index in [1.807, 2.05) is 0 Å². The zero-order valence-electron chi connectivity index (χ0n) is 13.0. The van der Waals surface area contributed by atoms with Crippen molar-refractivity contribution in [2.75, 3.05) is 46.8 Å². The summed E-state index contributed by atoms with van der Waals surface area (Å²) < 4.78 is 0. The van der Waals surface area contributed by atoms with Crippen molar-refractivity contribution in [2.45, 2.75) is 44.9 Å². The van der Waals surface area contributed by atoms with Crippen molar-refractivity contribution in [1.82, 2.24) is 9.80 Å². The molecule has 0 bridgehead atoms. The summed E-state index contributed by atoms with van der Waals surface area (Å²) >= 11 is 0. The fraction of sp³-hybridized carbons (Fsp3) is 1.00. The van der Waals surface area contributed by atoms with E-state index in [0.29, 0.717) is 5.41 Å². The van der Waals surface area contributed by atoms with Crippen molar-refractivity contribution in [3.8, 4) is 0 Å². The van der Waals surface area contributed by atoms with Crippen LogP contribution in [0.15, 0.2) is 0 Å². The molecule has 3 nitrogen and oxygen atoms in total. The van der Waals surface area contributed by atoms with Crippen molar-refractivity contribution < 1.29 is 0 Å². The zero-order chi connectivity index (χ0) is 13.7. The average molecular weight is 267 g/mol. The van der Waals surface area contributed by atoms with Gasteiger partial charge >= 0.3 is 0 Å². The number of hydrogen-bond donors (Lipinski definition) is 1. The van der Waals surface area contributed by atoms with Crippen LogP contribution in [0.3, 0.4) is 0 Å². The molecule has 0 aromatic carbocycles. The van der Waals surface area contributed by atoms with E-state index in [2.05, 4.69) is 23.9 Å². The summed E-state index contributed by atoms with van der Waals surface area (Å²) in [6, 6.07) is 0. The van der Waals surface area contributed by atoms with Crippen molar-refractivity contribution in [1.29, 1.82) is 0 Å². The van der Waals surface area contributed by atoms with Crippen molar-refractivity contribution in [3.05, 3.63) is 0 Å². The number of nitrogens with two attached hydrogens (primary N) is 1. The highest BCUT2D eigenvalue weighted by atomic mass is 15.1. The summed E-state index contributed by atoms with van der Waals surface area (Å²) in [4.78, 5) is 5.03. The fourth-order valence-corrected chi connectivity index (χ4v) is 4.05. The Bertz CT molecular complexity index is 253. The van der Waals surface area contributed by atoms with Crippen LogP contribution in [0.4, 0.5) is 0 Å². The lowest BCUT2D eigenvalue weighted by atomic mass is 9.73. The normalized spacial score (nSPS) is 25.9. The second-order valence-electron chi connectivity index (χ2n) is 7.21. The van der Waals surface area contributed by atoms with E-state index in [4.69, 9.17) is 5.73 Å². The molecule has 1 aliphatic carbocycles. The zero-order valence-corrected chi connectivity index (χ0v) is 13.0. The average Bonchev–Trinajstić information content (AvgIpc) is 2.42. The van der Waals surface area contributed by atoms with Crippen LogP contribution in [0.2, 0.25) is 0 Å². The van der Waals surface area contributed by atoms with Gasteiger partial charge in [0.05, 0.1) is 0 Å². The summed E-state index contributed by atoms with van der Waals surface area (Å²) in [6.07, 6.45) is 9.63. The monoisotopic (exact) mass is 267 g/mol. The third-order valence-corrected chi connectivity index (χ3v) is 5.36. The predicted molar refractivity (Wildman–Crippen MR) is 82.3 cm³/mol. The fourth-order valence-electron chi connectivity index (χ4n) is 4.05. The molecule has 1 aliphatic heterocycles. The Labute approximate surface area is 119 Å². The van der Waals surface area contributed by atoms with Gasteiger partial charge in [-0.2, -0.15) is 0 Å². The summed E-state index contributed by atoms with van der Waals surface area (Å²) in [7, 11) is 4.55. The summed E-state index contributed by atoms with van der Waals surface area (Å²) in [5, 5.41) is 0. The van der Waals surface area contributed by atoms with Gasteiger partial charge in [-0.05, 0) is 70.7 Å². The number of likely N-dealkylation sites (tertiary alicyclic amines) is 1. The van der Waals surface area contributed by atoms with Crippen LogP contribution >= 0.6 is 0 Å². The number of piperidine rings is 1. The molecule has 2 N–H and O–H groups in total. The minimum Gasteiger partial charge on any atom is -0.330 e. The Kier molecular flexibility index (Phi) is 5.67. The second kappa shape index (κ2) is 7.05. The second-order valence-corrected chi connectivity index (χ2v) is 7.21. The molecule has 1 saturated heterocycles. The number of hydrogen-bond acceptors (Lipinski definition) is 3. The topological polar surface area (TPSA) is 32.5 Å². The first-order valence-electron chi connectivity index (χ1n) is 8.21. The molecule has 2 rings (SSSR count). The van der Waals surface area contributed by atoms with Crippen LogP contribution < -0.4 is 5.73 Å². The largest absolute Gasteiger partial charge is 0.330 e. The van der Waals surface area contributed by atoms with E-state index in [1.165, 1.54) is 71.1 Å². The van der Waals surface area contributed by atoms with Crippen LogP contribution in [-0.2, 0) is 0 Å². The van der Waals surface area contributed by atoms with Gasteiger partial charge in [0.2, 0.25) is 0 Å². The Hall–Kier alpha value is -0.120. The highest BCUT2D eigenvalue weighted by molar-refractivity contribution is 4.87. The molecule has 112 valence electrons. The van der Waals surface area contributed by atoms with E-state index in [1.54, 1.807) is 0 Å². The minimum absolute atomic E-state index is 0.429. The molecular weight excluding hydrogens is 234 g/mol. The van der Waals surface area contributed by atoms with E-state index in [0.717, 1.165) is 12.5 Å². The highest BCUT2D eigenvalue weighted by Crippen LogP contribution is 2.36. The molecule has 0 amide bonds. The van der Waals surface area contributed by atoms with Gasteiger partial charge in [-0.3, -0.25) is 0 Å². The van der Waals surface area contributed by atoms with Crippen molar-refractivity contribution >= 4 is 0 Å². The maximum absolute atomic E-state index is 6.10. The Morgan fingerprint density at radius 2 is 1.79 bits per heavy atom. The quantitative estimate of drug-likeness (QED) is 0.828. The van der Waals surface area contributed by atoms with E-state index in [-0.39, 0.29) is 0 Å². The van der Waals surface area contributed by atoms with E-state index < -0.39 is 0 Å². The van der Waals surface area contributed by atoms with Crippen molar-refractivity contribution in [3.63, 3.8) is 0 Å². The highest BCUT2D eigenvalue weighted by Gasteiger charge is 2.32. The molecule has 0 atom stereocenters. The molecule has 0 aromatic heterocycles. The number of nitrogens with zero attached hydrogens (tertiary/aromatic N) is 2. The Morgan fingerprint density at radius 3 is 2.37 bits per heavy atom. The minimum atomic E-state index is 0.429. The van der Waals surface area contributed by atoms with Crippen LogP contribution in [0.25, 0.3) is 0 Å². The van der Waals surface area contributed by atoms with Crippen LogP contribution in [-0.4, -0.2) is 56.6 Å². The van der Waals surface area contributed by atoms with Gasteiger partial charge in [0.1, 0.15) is 0 Å². The third kappa shape index (κ3) is 4.44. The molecule has 3 heteroatoms. The lowest BCUT2D eigenvalue weighted by Gasteiger charge is -2.41. The van der Waals surface area contributed by atoms with Gasteiger partial charge in [0, 0.05) is 13.1 Å². The molecule has 0 aromatic rings. The molecule has 0 unspecified atom stereocenters. The maximum Gasteiger partial charge on any atom is 0.00471 e. The molecular formula is C16H33N3. The Morgan fingerprint density at radius 1 is 1.16 bits per heavy atom.